The Hall–Kier alpha value is -3.04. The van der Waals surface area contributed by atoms with Crippen LogP contribution in [0, 0.1) is 6.92 Å². The standard InChI is InChI=1S/C22H23N5O3S/c1-15-7-12-31-20(15)22(29)26-10-8-25(9-11-26)21(28)19-17-14-30-18(13-27(17)24-23-19)16-5-3-2-4-6-16/h2-7,12,18H,8-11,13-14H2,1H3/t18-/m1/s1. The van der Waals surface area contributed by atoms with Crippen molar-refractivity contribution >= 4 is 23.2 Å². The number of carbonyl (C=O) groups is 2. The van der Waals surface area contributed by atoms with Crippen molar-refractivity contribution in [2.75, 3.05) is 26.2 Å². The van der Waals surface area contributed by atoms with Crippen LogP contribution in [-0.2, 0) is 17.9 Å². The summed E-state index contributed by atoms with van der Waals surface area (Å²) >= 11 is 1.46. The molecular formula is C22H23N5O3S. The van der Waals surface area contributed by atoms with Crippen LogP contribution < -0.4 is 0 Å². The number of benzene rings is 1. The van der Waals surface area contributed by atoms with Gasteiger partial charge in [0.25, 0.3) is 11.8 Å². The van der Waals surface area contributed by atoms with E-state index in [1.807, 2.05) is 53.6 Å². The van der Waals surface area contributed by atoms with Gasteiger partial charge in [-0.1, -0.05) is 35.5 Å². The zero-order chi connectivity index (χ0) is 21.4. The lowest BCUT2D eigenvalue weighted by Gasteiger charge is -2.34. The van der Waals surface area contributed by atoms with Crippen LogP contribution in [0.25, 0.3) is 0 Å². The summed E-state index contributed by atoms with van der Waals surface area (Å²) in [5, 5.41) is 10.3. The molecule has 9 heteroatoms. The van der Waals surface area contributed by atoms with Crippen LogP contribution in [0.5, 0.6) is 0 Å². The Morgan fingerprint density at radius 2 is 1.74 bits per heavy atom. The molecule has 1 aromatic carbocycles. The smallest absolute Gasteiger partial charge is 0.276 e. The predicted molar refractivity (Wildman–Crippen MR) is 115 cm³/mol. The SMILES string of the molecule is Cc1ccsc1C(=O)N1CCN(C(=O)c2nnn3c2CO[C@@H](c2ccccc2)C3)CC1. The van der Waals surface area contributed by atoms with E-state index in [4.69, 9.17) is 4.74 Å². The number of nitrogens with zero attached hydrogens (tertiary/aromatic N) is 5. The van der Waals surface area contributed by atoms with Gasteiger partial charge in [0.2, 0.25) is 0 Å². The molecule has 4 heterocycles. The number of rotatable bonds is 3. The highest BCUT2D eigenvalue weighted by Crippen LogP contribution is 2.27. The maximum Gasteiger partial charge on any atom is 0.276 e. The highest BCUT2D eigenvalue weighted by molar-refractivity contribution is 7.12. The minimum absolute atomic E-state index is 0.0426. The average Bonchev–Trinajstić information content (AvgIpc) is 3.44. The van der Waals surface area contributed by atoms with E-state index < -0.39 is 0 Å². The van der Waals surface area contributed by atoms with E-state index >= 15 is 0 Å². The summed E-state index contributed by atoms with van der Waals surface area (Å²) in [5.41, 5.74) is 3.14. The van der Waals surface area contributed by atoms with Crippen molar-refractivity contribution in [3.05, 3.63) is 69.2 Å². The van der Waals surface area contributed by atoms with Crippen LogP contribution in [0.3, 0.4) is 0 Å². The van der Waals surface area contributed by atoms with Gasteiger partial charge in [-0.25, -0.2) is 4.68 Å². The molecule has 0 N–H and O–H groups in total. The molecule has 2 amide bonds. The first-order chi connectivity index (χ1) is 15.1. The number of piperazine rings is 1. The topological polar surface area (TPSA) is 80.6 Å². The van der Waals surface area contributed by atoms with Crippen molar-refractivity contribution in [2.24, 2.45) is 0 Å². The Morgan fingerprint density at radius 3 is 2.42 bits per heavy atom. The Labute approximate surface area is 184 Å². The number of ether oxygens (including phenoxy) is 1. The zero-order valence-electron chi connectivity index (χ0n) is 17.2. The van der Waals surface area contributed by atoms with E-state index in [0.29, 0.717) is 50.7 Å². The molecule has 0 radical (unpaired) electrons. The fraction of sp³-hybridized carbons (Fsp3) is 0.364. The number of hydrogen-bond acceptors (Lipinski definition) is 6. The molecule has 0 saturated carbocycles. The third-order valence-corrected chi connectivity index (χ3v) is 6.89. The van der Waals surface area contributed by atoms with Crippen LogP contribution >= 0.6 is 11.3 Å². The lowest BCUT2D eigenvalue weighted by Crippen LogP contribution is -2.50. The Bertz CT molecular complexity index is 1100. The van der Waals surface area contributed by atoms with Gasteiger partial charge in [0.15, 0.2) is 5.69 Å². The molecule has 8 nitrogen and oxygen atoms in total. The fourth-order valence-corrected chi connectivity index (χ4v) is 4.94. The van der Waals surface area contributed by atoms with Crippen molar-refractivity contribution in [3.8, 4) is 0 Å². The minimum Gasteiger partial charge on any atom is -0.365 e. The van der Waals surface area contributed by atoms with Gasteiger partial charge in [-0.2, -0.15) is 0 Å². The van der Waals surface area contributed by atoms with E-state index in [9.17, 15) is 9.59 Å². The number of amides is 2. The van der Waals surface area contributed by atoms with E-state index in [0.717, 1.165) is 16.0 Å². The molecule has 160 valence electrons. The van der Waals surface area contributed by atoms with E-state index in [1.165, 1.54) is 11.3 Å². The first kappa shape index (κ1) is 19.9. The number of hydrogen-bond donors (Lipinski definition) is 0. The molecule has 0 unspecified atom stereocenters. The number of aryl methyl sites for hydroxylation is 1. The van der Waals surface area contributed by atoms with Gasteiger partial charge in [-0.05, 0) is 29.5 Å². The number of thiophene rings is 1. The van der Waals surface area contributed by atoms with Crippen LogP contribution in [0.1, 0.15) is 43.1 Å². The first-order valence-corrected chi connectivity index (χ1v) is 11.2. The normalized spacial score (nSPS) is 18.7. The second-order valence-electron chi connectivity index (χ2n) is 7.79. The van der Waals surface area contributed by atoms with E-state index in [1.54, 1.807) is 9.58 Å². The zero-order valence-corrected chi connectivity index (χ0v) is 18.0. The Balaban J connectivity index is 1.24. The van der Waals surface area contributed by atoms with Gasteiger partial charge in [0.05, 0.1) is 23.7 Å². The van der Waals surface area contributed by atoms with Crippen molar-refractivity contribution in [2.45, 2.75) is 26.2 Å². The van der Waals surface area contributed by atoms with Crippen LogP contribution in [0.4, 0.5) is 0 Å². The summed E-state index contributed by atoms with van der Waals surface area (Å²) < 4.78 is 7.78. The maximum absolute atomic E-state index is 13.1. The van der Waals surface area contributed by atoms with Gasteiger partial charge in [-0.15, -0.1) is 16.4 Å². The van der Waals surface area contributed by atoms with Crippen LogP contribution in [0.15, 0.2) is 41.8 Å². The third kappa shape index (κ3) is 3.75. The highest BCUT2D eigenvalue weighted by atomic mass is 32.1. The highest BCUT2D eigenvalue weighted by Gasteiger charge is 2.32. The van der Waals surface area contributed by atoms with Gasteiger partial charge < -0.3 is 14.5 Å². The minimum atomic E-state index is -0.151. The molecule has 0 bridgehead atoms. The van der Waals surface area contributed by atoms with Gasteiger partial charge in [0.1, 0.15) is 6.10 Å². The summed E-state index contributed by atoms with van der Waals surface area (Å²) in [4.78, 5) is 30.2. The molecule has 2 aliphatic heterocycles. The summed E-state index contributed by atoms with van der Waals surface area (Å²) in [6.07, 6.45) is -0.103. The number of carbonyl (C=O) groups excluding carboxylic acids is 2. The van der Waals surface area contributed by atoms with E-state index in [-0.39, 0.29) is 17.9 Å². The van der Waals surface area contributed by atoms with Crippen molar-refractivity contribution in [1.29, 1.82) is 0 Å². The molecule has 0 aliphatic carbocycles. The van der Waals surface area contributed by atoms with Crippen molar-refractivity contribution < 1.29 is 14.3 Å². The summed E-state index contributed by atoms with van der Waals surface area (Å²) in [6, 6.07) is 11.9. The Kier molecular flexibility index (Phi) is 5.29. The lowest BCUT2D eigenvalue weighted by molar-refractivity contribution is -0.00202. The Morgan fingerprint density at radius 1 is 1.03 bits per heavy atom. The molecular weight excluding hydrogens is 414 g/mol. The third-order valence-electron chi connectivity index (χ3n) is 5.88. The molecule has 3 aromatic rings. The summed E-state index contributed by atoms with van der Waals surface area (Å²) in [7, 11) is 0. The molecule has 31 heavy (non-hydrogen) atoms. The second kappa shape index (κ2) is 8.24. The summed E-state index contributed by atoms with van der Waals surface area (Å²) in [6.45, 7) is 4.76. The fourth-order valence-electron chi connectivity index (χ4n) is 4.04. The van der Waals surface area contributed by atoms with Crippen molar-refractivity contribution in [1.82, 2.24) is 24.8 Å². The first-order valence-electron chi connectivity index (χ1n) is 10.3. The second-order valence-corrected chi connectivity index (χ2v) is 8.71. The monoisotopic (exact) mass is 437 g/mol. The lowest BCUT2D eigenvalue weighted by atomic mass is 10.1. The van der Waals surface area contributed by atoms with Gasteiger partial charge in [0, 0.05) is 26.2 Å². The van der Waals surface area contributed by atoms with Gasteiger partial charge >= 0.3 is 0 Å². The summed E-state index contributed by atoms with van der Waals surface area (Å²) in [5.74, 6) is -0.108. The maximum atomic E-state index is 13.1. The van der Waals surface area contributed by atoms with E-state index in [2.05, 4.69) is 10.3 Å². The van der Waals surface area contributed by atoms with Crippen molar-refractivity contribution in [3.63, 3.8) is 0 Å². The van der Waals surface area contributed by atoms with Crippen LogP contribution in [0.2, 0.25) is 0 Å². The quantitative estimate of drug-likeness (QED) is 0.629. The predicted octanol–water partition coefficient (Wildman–Crippen LogP) is 2.52. The molecule has 1 fully saturated rings. The number of aromatic nitrogens is 3. The molecule has 0 spiro atoms. The van der Waals surface area contributed by atoms with Crippen LogP contribution in [-0.4, -0.2) is 62.8 Å². The van der Waals surface area contributed by atoms with Gasteiger partial charge in [-0.3, -0.25) is 9.59 Å². The molecule has 1 saturated heterocycles. The molecule has 2 aromatic heterocycles. The molecule has 1 atom stereocenters. The molecule has 5 rings (SSSR count). The molecule has 2 aliphatic rings. The largest absolute Gasteiger partial charge is 0.365 e. The number of fused-ring (bicyclic) bond motifs is 1. The average molecular weight is 438 g/mol.